The normalized spacial score (nSPS) is 20.8. The van der Waals surface area contributed by atoms with Crippen molar-refractivity contribution in [3.8, 4) is 11.5 Å². The van der Waals surface area contributed by atoms with Crippen LogP contribution in [0.2, 0.25) is 0 Å². The molecule has 2 N–H and O–H groups in total. The van der Waals surface area contributed by atoms with E-state index in [9.17, 15) is 0 Å². The monoisotopic (exact) mass is 455 g/mol. The lowest BCUT2D eigenvalue weighted by atomic mass is 9.88. The number of nitrogens with one attached hydrogen (secondary N) is 1. The van der Waals surface area contributed by atoms with Gasteiger partial charge in [-0.25, -0.2) is 14.6 Å². The van der Waals surface area contributed by atoms with Crippen molar-refractivity contribution in [3.05, 3.63) is 53.6 Å². The van der Waals surface area contributed by atoms with Crippen LogP contribution in [-0.2, 0) is 28.9 Å². The van der Waals surface area contributed by atoms with Gasteiger partial charge in [-0.15, -0.1) is 0 Å². The highest BCUT2D eigenvalue weighted by atomic mass is 16.5. The first-order valence-electron chi connectivity index (χ1n) is 11.0. The second-order valence-corrected chi connectivity index (χ2v) is 8.12. The van der Waals surface area contributed by atoms with Gasteiger partial charge in [-0.2, -0.15) is 5.10 Å². The van der Waals surface area contributed by atoms with Crippen LogP contribution in [0.4, 0.5) is 0 Å². The van der Waals surface area contributed by atoms with E-state index in [2.05, 4.69) is 14.6 Å². The number of H-pyrrole nitrogens is 1. The predicted molar refractivity (Wildman–Crippen MR) is 119 cm³/mol. The molecule has 2 aliphatic heterocycles. The Bertz CT molecular complexity index is 1050. The minimum absolute atomic E-state index is 0.250. The van der Waals surface area contributed by atoms with E-state index in [1.54, 1.807) is 20.5 Å². The van der Waals surface area contributed by atoms with Crippen molar-refractivity contribution in [1.29, 1.82) is 0 Å². The lowest BCUT2D eigenvalue weighted by Crippen LogP contribution is -2.20. The summed E-state index contributed by atoms with van der Waals surface area (Å²) in [6.07, 6.45) is 9.05. The fraction of sp³-hybridized carbons (Fsp3) is 0.478. The molecule has 4 heterocycles. The van der Waals surface area contributed by atoms with E-state index < -0.39 is 0 Å². The van der Waals surface area contributed by atoms with Gasteiger partial charge in [0.2, 0.25) is 0 Å². The van der Waals surface area contributed by atoms with Crippen molar-refractivity contribution >= 4 is 6.47 Å². The van der Waals surface area contributed by atoms with Gasteiger partial charge in [0.15, 0.2) is 17.3 Å². The Morgan fingerprint density at radius 1 is 1.27 bits per heavy atom. The molecule has 2 aliphatic rings. The van der Waals surface area contributed by atoms with Crippen LogP contribution in [-0.4, -0.2) is 62.7 Å². The van der Waals surface area contributed by atoms with Crippen molar-refractivity contribution in [2.24, 2.45) is 0 Å². The summed E-state index contributed by atoms with van der Waals surface area (Å²) in [6, 6.07) is 5.95. The second-order valence-electron chi connectivity index (χ2n) is 8.12. The molecule has 0 spiro atoms. The first-order valence-corrected chi connectivity index (χ1v) is 11.0. The van der Waals surface area contributed by atoms with Gasteiger partial charge < -0.3 is 24.3 Å². The Morgan fingerprint density at radius 3 is 2.73 bits per heavy atom. The second kappa shape index (κ2) is 10.5. The smallest absolute Gasteiger partial charge is 0.290 e. The maximum atomic E-state index is 8.36. The molecule has 0 radical (unpaired) electrons. The van der Waals surface area contributed by atoms with E-state index in [4.69, 9.17) is 34.2 Å². The lowest BCUT2D eigenvalue weighted by molar-refractivity contribution is -0.122. The van der Waals surface area contributed by atoms with Gasteiger partial charge in [0.1, 0.15) is 5.82 Å². The number of hydrogen-bond donors (Lipinski definition) is 2. The molecule has 3 atom stereocenters. The average molecular weight is 456 g/mol. The molecule has 10 heteroatoms. The molecule has 10 nitrogen and oxygen atoms in total. The minimum atomic E-state index is -0.250. The number of carbonyl (C=O) groups is 1. The summed E-state index contributed by atoms with van der Waals surface area (Å²) in [5, 5.41) is 11.8. The number of aryl methyl sites for hydroxylation is 2. The average Bonchev–Trinajstić information content (AvgIpc) is 3.63. The number of nitrogens with zero attached hydrogens (tertiary/aromatic N) is 4. The minimum Gasteiger partial charge on any atom is -0.493 e. The van der Waals surface area contributed by atoms with E-state index in [1.165, 1.54) is 6.42 Å². The molecule has 0 aliphatic carbocycles. The Morgan fingerprint density at radius 2 is 2.09 bits per heavy atom. The fourth-order valence-electron chi connectivity index (χ4n) is 4.65. The zero-order valence-electron chi connectivity index (χ0n) is 18.8. The van der Waals surface area contributed by atoms with E-state index in [0.717, 1.165) is 60.2 Å². The van der Waals surface area contributed by atoms with Crippen molar-refractivity contribution < 1.29 is 24.1 Å². The van der Waals surface area contributed by atoms with E-state index in [-0.39, 0.29) is 12.6 Å². The van der Waals surface area contributed by atoms with E-state index in [1.807, 2.05) is 24.4 Å². The number of rotatable bonds is 8. The van der Waals surface area contributed by atoms with Crippen LogP contribution in [0, 0.1) is 0 Å². The van der Waals surface area contributed by atoms with Gasteiger partial charge in [0.05, 0.1) is 32.8 Å². The number of carboxylic acid groups (broad SMARTS) is 1. The first-order chi connectivity index (χ1) is 16.1. The zero-order valence-corrected chi connectivity index (χ0v) is 18.8. The molecular formula is C23H29N5O5. The number of ether oxygens (including phenoxy) is 3. The Hall–Kier alpha value is -3.40. The summed E-state index contributed by atoms with van der Waals surface area (Å²) < 4.78 is 19.0. The van der Waals surface area contributed by atoms with Gasteiger partial charge in [-0.05, 0) is 37.0 Å². The van der Waals surface area contributed by atoms with Gasteiger partial charge in [-0.1, -0.05) is 6.07 Å². The molecule has 3 aromatic rings. The summed E-state index contributed by atoms with van der Waals surface area (Å²) in [5.41, 5.74) is 2.19. The fourth-order valence-corrected chi connectivity index (χ4v) is 4.65. The molecule has 0 amide bonds. The number of fused-ring (bicyclic) bond motifs is 2. The summed E-state index contributed by atoms with van der Waals surface area (Å²) in [4.78, 5) is 20.6. The molecule has 1 aromatic carbocycles. The van der Waals surface area contributed by atoms with Crippen LogP contribution in [0.5, 0.6) is 11.5 Å². The van der Waals surface area contributed by atoms with E-state index >= 15 is 0 Å². The standard InChI is InChI=1S/C22H27N5O3.CH2O2/c1-28-19-5-3-14(9-20(19)29-2)10-21-25-22(17-11-16-4-6-18(17)30-16)27(26-21)8-7-15-12-23-13-24-15;2-1-3/h3,5,9,12-13,16-18H,4,6-8,10-11H2,1-2H3,(H,23,24);1H,(H,2,3)/t16-,17+,18+;/m0./s1. The van der Waals surface area contributed by atoms with Crippen LogP contribution >= 0.6 is 0 Å². The number of hydrogen-bond acceptors (Lipinski definition) is 7. The third kappa shape index (κ3) is 5.16. The molecule has 2 saturated heterocycles. The highest BCUT2D eigenvalue weighted by Crippen LogP contribution is 2.44. The quantitative estimate of drug-likeness (QED) is 0.497. The van der Waals surface area contributed by atoms with Crippen LogP contribution in [0.25, 0.3) is 0 Å². The largest absolute Gasteiger partial charge is 0.493 e. The van der Waals surface area contributed by atoms with Crippen LogP contribution in [0.3, 0.4) is 0 Å². The van der Waals surface area contributed by atoms with Crippen LogP contribution in [0.15, 0.2) is 30.7 Å². The zero-order chi connectivity index (χ0) is 23.2. The van der Waals surface area contributed by atoms with Crippen molar-refractivity contribution in [2.45, 2.75) is 56.8 Å². The van der Waals surface area contributed by atoms with Crippen LogP contribution in [0.1, 0.15) is 48.1 Å². The molecule has 2 bridgehead atoms. The Balaban J connectivity index is 0.000000821. The lowest BCUT2D eigenvalue weighted by Gasteiger charge is -2.18. The predicted octanol–water partition coefficient (Wildman–Crippen LogP) is 2.59. The molecule has 33 heavy (non-hydrogen) atoms. The molecule has 176 valence electrons. The number of benzene rings is 1. The molecule has 2 fully saturated rings. The van der Waals surface area contributed by atoms with Gasteiger partial charge in [0.25, 0.3) is 6.47 Å². The highest BCUT2D eigenvalue weighted by molar-refractivity contribution is 5.43. The summed E-state index contributed by atoms with van der Waals surface area (Å²) in [5.74, 6) is 3.65. The van der Waals surface area contributed by atoms with Gasteiger partial charge in [0, 0.05) is 37.2 Å². The molecule has 2 aromatic heterocycles. The van der Waals surface area contributed by atoms with Crippen LogP contribution < -0.4 is 9.47 Å². The number of aromatic amines is 1. The van der Waals surface area contributed by atoms with Gasteiger partial charge >= 0.3 is 0 Å². The Kier molecular flexibility index (Phi) is 7.23. The van der Waals surface area contributed by atoms with Crippen molar-refractivity contribution in [2.75, 3.05) is 14.2 Å². The topological polar surface area (TPSA) is 124 Å². The number of methoxy groups -OCH3 is 2. The third-order valence-electron chi connectivity index (χ3n) is 6.14. The molecule has 5 rings (SSSR count). The maximum Gasteiger partial charge on any atom is 0.290 e. The maximum absolute atomic E-state index is 8.36. The molecular weight excluding hydrogens is 426 g/mol. The van der Waals surface area contributed by atoms with Crippen molar-refractivity contribution in [1.82, 2.24) is 24.7 Å². The summed E-state index contributed by atoms with van der Waals surface area (Å²) in [6.45, 7) is 0.518. The first kappa shape index (κ1) is 22.8. The van der Waals surface area contributed by atoms with Gasteiger partial charge in [-0.3, -0.25) is 4.79 Å². The highest BCUT2D eigenvalue weighted by Gasteiger charge is 2.43. The summed E-state index contributed by atoms with van der Waals surface area (Å²) >= 11 is 0. The number of aromatic nitrogens is 5. The third-order valence-corrected chi connectivity index (χ3v) is 6.14. The van der Waals surface area contributed by atoms with E-state index in [0.29, 0.717) is 18.4 Å². The van der Waals surface area contributed by atoms with Crippen molar-refractivity contribution in [3.63, 3.8) is 0 Å². The Labute approximate surface area is 191 Å². The molecule has 0 saturated carbocycles. The SMILES string of the molecule is COc1ccc(Cc2nc([C@@H]3C[C@@H]4CC[C@H]3O4)n(CCc3cnc[nH]3)n2)cc1OC.O=CO. The molecule has 0 unspecified atom stereocenters. The number of imidazole rings is 1. The summed E-state index contributed by atoms with van der Waals surface area (Å²) in [7, 11) is 3.29.